The number of carboxylic acids is 1. The van der Waals surface area contributed by atoms with Crippen LogP contribution in [0.5, 0.6) is 0 Å². The SMILES string of the molecule is CCCCCCCC(O)CCC(=O)[O-].[K+]. The van der Waals surface area contributed by atoms with Gasteiger partial charge in [-0.05, 0) is 19.3 Å². The maximum Gasteiger partial charge on any atom is 1.00 e. The minimum atomic E-state index is -1.07. The molecule has 0 aliphatic rings. The standard InChI is InChI=1S/C11H22O3.K/c1-2-3-4-5-6-7-10(12)8-9-11(13)14;/h10,12H,2-9H2,1H3,(H,13,14);/q;+1/p-1. The van der Waals surface area contributed by atoms with Crippen LogP contribution in [0.15, 0.2) is 0 Å². The summed E-state index contributed by atoms with van der Waals surface area (Å²) < 4.78 is 0. The molecule has 0 amide bonds. The van der Waals surface area contributed by atoms with E-state index in [2.05, 4.69) is 6.92 Å². The molecule has 0 fully saturated rings. The zero-order valence-electron chi connectivity index (χ0n) is 10.00. The van der Waals surface area contributed by atoms with E-state index < -0.39 is 12.1 Å². The monoisotopic (exact) mass is 240 g/mol. The second-order valence-electron chi connectivity index (χ2n) is 3.77. The van der Waals surface area contributed by atoms with E-state index in [0.29, 0.717) is 6.42 Å². The summed E-state index contributed by atoms with van der Waals surface area (Å²) in [6, 6.07) is 0. The predicted molar refractivity (Wildman–Crippen MR) is 53.6 cm³/mol. The van der Waals surface area contributed by atoms with Crippen molar-refractivity contribution in [1.29, 1.82) is 0 Å². The molecule has 1 atom stereocenters. The van der Waals surface area contributed by atoms with Gasteiger partial charge in [-0.2, -0.15) is 0 Å². The van der Waals surface area contributed by atoms with E-state index in [0.717, 1.165) is 19.3 Å². The van der Waals surface area contributed by atoms with Gasteiger partial charge >= 0.3 is 51.4 Å². The van der Waals surface area contributed by atoms with E-state index in [1.807, 2.05) is 0 Å². The van der Waals surface area contributed by atoms with Gasteiger partial charge in [0.15, 0.2) is 0 Å². The number of aliphatic hydroxyl groups excluding tert-OH is 1. The van der Waals surface area contributed by atoms with Gasteiger partial charge in [-0.1, -0.05) is 39.0 Å². The number of carbonyl (C=O) groups is 1. The van der Waals surface area contributed by atoms with Gasteiger partial charge in [0.1, 0.15) is 0 Å². The Morgan fingerprint density at radius 1 is 1.20 bits per heavy atom. The van der Waals surface area contributed by atoms with Gasteiger partial charge < -0.3 is 15.0 Å². The molecule has 0 heterocycles. The van der Waals surface area contributed by atoms with Gasteiger partial charge in [0, 0.05) is 5.97 Å². The summed E-state index contributed by atoms with van der Waals surface area (Å²) in [5.74, 6) is -1.07. The van der Waals surface area contributed by atoms with Crippen molar-refractivity contribution in [3.8, 4) is 0 Å². The molecule has 3 nitrogen and oxygen atoms in total. The summed E-state index contributed by atoms with van der Waals surface area (Å²) in [6.07, 6.45) is 6.36. The third-order valence-electron chi connectivity index (χ3n) is 2.32. The maximum absolute atomic E-state index is 10.1. The van der Waals surface area contributed by atoms with Crippen LogP contribution in [0, 0.1) is 0 Å². The molecule has 0 rings (SSSR count). The molecule has 1 unspecified atom stereocenters. The summed E-state index contributed by atoms with van der Waals surface area (Å²) in [5.41, 5.74) is 0. The van der Waals surface area contributed by atoms with Crippen LogP contribution in [-0.4, -0.2) is 17.2 Å². The average molecular weight is 240 g/mol. The minimum absolute atomic E-state index is 0. The first-order chi connectivity index (χ1) is 6.66. The van der Waals surface area contributed by atoms with Crippen molar-refractivity contribution in [2.75, 3.05) is 0 Å². The Balaban J connectivity index is 0. The fraction of sp³-hybridized carbons (Fsp3) is 0.909. The van der Waals surface area contributed by atoms with Crippen molar-refractivity contribution < 1.29 is 66.4 Å². The Morgan fingerprint density at radius 3 is 2.33 bits per heavy atom. The van der Waals surface area contributed by atoms with Crippen LogP contribution in [0.2, 0.25) is 0 Å². The van der Waals surface area contributed by atoms with Crippen molar-refractivity contribution in [1.82, 2.24) is 0 Å². The molecule has 0 saturated carbocycles. The van der Waals surface area contributed by atoms with Gasteiger partial charge in [0.25, 0.3) is 0 Å². The zero-order chi connectivity index (χ0) is 10.8. The van der Waals surface area contributed by atoms with Gasteiger partial charge in [0.05, 0.1) is 6.10 Å². The summed E-state index contributed by atoms with van der Waals surface area (Å²) in [5, 5.41) is 19.5. The van der Waals surface area contributed by atoms with Crippen LogP contribution in [0.25, 0.3) is 0 Å². The van der Waals surface area contributed by atoms with Crippen molar-refractivity contribution >= 4 is 5.97 Å². The van der Waals surface area contributed by atoms with E-state index in [-0.39, 0.29) is 57.8 Å². The second kappa shape index (κ2) is 13.1. The first-order valence-electron chi connectivity index (χ1n) is 5.54. The van der Waals surface area contributed by atoms with Crippen LogP contribution in [-0.2, 0) is 4.79 Å². The molecule has 84 valence electrons. The van der Waals surface area contributed by atoms with Gasteiger partial charge in [0.2, 0.25) is 0 Å². The number of aliphatic carboxylic acids is 1. The van der Waals surface area contributed by atoms with Crippen LogP contribution in [0.3, 0.4) is 0 Å². The number of rotatable bonds is 9. The Kier molecular flexibility index (Phi) is 16.1. The molecular weight excluding hydrogens is 219 g/mol. The van der Waals surface area contributed by atoms with E-state index in [1.54, 1.807) is 0 Å². The normalized spacial score (nSPS) is 11.9. The third kappa shape index (κ3) is 15.1. The molecule has 0 aliphatic carbocycles. The predicted octanol–water partition coefficient (Wildman–Crippen LogP) is -1.76. The van der Waals surface area contributed by atoms with Crippen LogP contribution >= 0.6 is 0 Å². The van der Waals surface area contributed by atoms with Crippen LogP contribution < -0.4 is 56.5 Å². The number of hydrogen-bond acceptors (Lipinski definition) is 3. The molecule has 15 heavy (non-hydrogen) atoms. The average Bonchev–Trinajstić information content (AvgIpc) is 2.14. The van der Waals surface area contributed by atoms with Crippen molar-refractivity contribution in [2.45, 2.75) is 64.4 Å². The molecule has 0 aromatic carbocycles. The number of aliphatic hydroxyl groups is 1. The Bertz CT molecular complexity index is 151. The number of carboxylic acid groups (broad SMARTS) is 1. The van der Waals surface area contributed by atoms with Gasteiger partial charge in [-0.25, -0.2) is 0 Å². The molecular formula is C11H21KO3. The number of unbranched alkanes of at least 4 members (excludes halogenated alkanes) is 4. The fourth-order valence-corrected chi connectivity index (χ4v) is 1.41. The largest absolute Gasteiger partial charge is 1.00 e. The minimum Gasteiger partial charge on any atom is -0.550 e. The van der Waals surface area contributed by atoms with Crippen LogP contribution in [0.4, 0.5) is 0 Å². The summed E-state index contributed by atoms with van der Waals surface area (Å²) in [4.78, 5) is 10.1. The van der Waals surface area contributed by atoms with E-state index in [1.165, 1.54) is 19.3 Å². The fourth-order valence-electron chi connectivity index (χ4n) is 1.41. The van der Waals surface area contributed by atoms with Crippen molar-refractivity contribution in [3.05, 3.63) is 0 Å². The molecule has 0 saturated heterocycles. The van der Waals surface area contributed by atoms with Gasteiger partial charge in [-0.15, -0.1) is 0 Å². The molecule has 4 heteroatoms. The van der Waals surface area contributed by atoms with Gasteiger partial charge in [-0.3, -0.25) is 0 Å². The Morgan fingerprint density at radius 2 is 1.80 bits per heavy atom. The van der Waals surface area contributed by atoms with E-state index >= 15 is 0 Å². The third-order valence-corrected chi connectivity index (χ3v) is 2.32. The second-order valence-corrected chi connectivity index (χ2v) is 3.77. The van der Waals surface area contributed by atoms with Crippen molar-refractivity contribution in [3.63, 3.8) is 0 Å². The molecule has 0 aromatic rings. The summed E-state index contributed by atoms with van der Waals surface area (Å²) in [7, 11) is 0. The first-order valence-corrected chi connectivity index (χ1v) is 5.54. The molecule has 0 aromatic heterocycles. The quantitative estimate of drug-likeness (QED) is 0.384. The van der Waals surface area contributed by atoms with E-state index in [4.69, 9.17) is 0 Å². The topological polar surface area (TPSA) is 60.4 Å². The zero-order valence-corrected chi connectivity index (χ0v) is 13.1. The summed E-state index contributed by atoms with van der Waals surface area (Å²) in [6.45, 7) is 2.16. The molecule has 0 spiro atoms. The number of hydrogen-bond donors (Lipinski definition) is 1. The number of carbonyl (C=O) groups excluding carboxylic acids is 1. The Labute approximate surface area is 135 Å². The summed E-state index contributed by atoms with van der Waals surface area (Å²) >= 11 is 0. The molecule has 1 N–H and O–H groups in total. The van der Waals surface area contributed by atoms with E-state index in [9.17, 15) is 15.0 Å². The Hall–Kier alpha value is 1.07. The van der Waals surface area contributed by atoms with Crippen LogP contribution in [0.1, 0.15) is 58.3 Å². The maximum atomic E-state index is 10.1. The first kappa shape index (κ1) is 18.4. The molecule has 0 aliphatic heterocycles. The smallest absolute Gasteiger partial charge is 0.550 e. The van der Waals surface area contributed by atoms with Crippen molar-refractivity contribution in [2.24, 2.45) is 0 Å². The molecule has 0 radical (unpaired) electrons. The molecule has 0 bridgehead atoms.